The molecule has 0 unspecified atom stereocenters. The molecule has 0 aliphatic carbocycles. The van der Waals surface area contributed by atoms with Crippen LogP contribution in [0.1, 0.15) is 35.5 Å². The second kappa shape index (κ2) is 9.53. The maximum atomic E-state index is 13.0. The number of benzene rings is 2. The highest BCUT2D eigenvalue weighted by Gasteiger charge is 2.30. The van der Waals surface area contributed by atoms with Gasteiger partial charge in [0.1, 0.15) is 23.7 Å². The molecule has 4 aromatic rings. The highest BCUT2D eigenvalue weighted by Crippen LogP contribution is 2.27. The van der Waals surface area contributed by atoms with Gasteiger partial charge in [-0.05, 0) is 47.5 Å². The molecule has 0 aliphatic heterocycles. The number of halogens is 1. The number of anilines is 1. The molecule has 0 saturated carbocycles. The van der Waals surface area contributed by atoms with Gasteiger partial charge in [0, 0.05) is 18.2 Å². The van der Waals surface area contributed by atoms with E-state index in [1.807, 2.05) is 24.3 Å². The van der Waals surface area contributed by atoms with Gasteiger partial charge in [-0.2, -0.15) is 0 Å². The van der Waals surface area contributed by atoms with Crippen LogP contribution in [0.2, 0.25) is 0 Å². The number of aromatic amines is 1. The summed E-state index contributed by atoms with van der Waals surface area (Å²) in [5.41, 5.74) is 1.50. The lowest BCUT2D eigenvalue weighted by molar-refractivity contribution is -0.120. The molecule has 4 rings (SSSR count). The Kier molecular flexibility index (Phi) is 6.35. The second-order valence-electron chi connectivity index (χ2n) is 8.00. The Morgan fingerprint density at radius 1 is 1.03 bits per heavy atom. The van der Waals surface area contributed by atoms with Crippen LogP contribution in [-0.2, 0) is 16.8 Å². The molecule has 11 heteroatoms. The maximum Gasteiger partial charge on any atom is 0.270 e. The number of carbonyl (C=O) groups excluding carboxylic acids is 2. The lowest BCUT2D eigenvalue weighted by atomic mass is 9.83. The van der Waals surface area contributed by atoms with Crippen molar-refractivity contribution < 1.29 is 14.0 Å². The number of amides is 2. The molecule has 2 aromatic heterocycles. The van der Waals surface area contributed by atoms with Gasteiger partial charge in [0.2, 0.25) is 5.91 Å². The third kappa shape index (κ3) is 5.09. The molecule has 2 aromatic carbocycles. The fourth-order valence-electron chi connectivity index (χ4n) is 3.15. The molecule has 0 aliphatic rings. The average molecular weight is 460 g/mol. The van der Waals surface area contributed by atoms with E-state index in [1.165, 1.54) is 24.5 Å². The lowest BCUT2D eigenvalue weighted by Crippen LogP contribution is -2.35. The standard InChI is InChI=1S/C23H21FN8O2/c1-23(2,16-7-5-15(6-8-16)20-29-31-32-30-20)22(34)28-19-11-18(26-13-27-19)21(33)25-12-14-3-9-17(24)10-4-14/h3-11,13H,12H2,1-2H3,(H,25,33)(H,26,27,28,34)(H,29,30,31,32). The van der Waals surface area contributed by atoms with Gasteiger partial charge in [-0.3, -0.25) is 9.59 Å². The third-order valence-corrected chi connectivity index (χ3v) is 5.30. The number of tetrazole rings is 1. The first-order valence-electron chi connectivity index (χ1n) is 10.3. The SMILES string of the molecule is CC(C)(C(=O)Nc1cc(C(=O)NCc2ccc(F)cc2)ncn1)c1ccc(-c2nnn[nH]2)cc1. The van der Waals surface area contributed by atoms with Crippen molar-refractivity contribution in [2.24, 2.45) is 0 Å². The summed E-state index contributed by atoms with van der Waals surface area (Å²) >= 11 is 0. The zero-order valence-electron chi connectivity index (χ0n) is 18.4. The van der Waals surface area contributed by atoms with E-state index >= 15 is 0 Å². The molecule has 0 bridgehead atoms. The molecule has 2 heterocycles. The Morgan fingerprint density at radius 3 is 2.44 bits per heavy atom. The molecule has 0 radical (unpaired) electrons. The molecule has 2 amide bonds. The monoisotopic (exact) mass is 460 g/mol. The van der Waals surface area contributed by atoms with E-state index < -0.39 is 11.3 Å². The quantitative estimate of drug-likeness (QED) is 0.385. The number of nitrogens with one attached hydrogen (secondary N) is 3. The first-order chi connectivity index (χ1) is 16.3. The van der Waals surface area contributed by atoms with Gasteiger partial charge in [0.05, 0.1) is 5.41 Å². The van der Waals surface area contributed by atoms with Crippen LogP contribution in [0, 0.1) is 5.82 Å². The van der Waals surface area contributed by atoms with Crippen molar-refractivity contribution >= 4 is 17.6 Å². The molecule has 3 N–H and O–H groups in total. The van der Waals surface area contributed by atoms with Gasteiger partial charge in [0.15, 0.2) is 5.82 Å². The van der Waals surface area contributed by atoms with Crippen LogP contribution in [-0.4, -0.2) is 42.4 Å². The summed E-state index contributed by atoms with van der Waals surface area (Å²) in [6, 6.07) is 14.5. The van der Waals surface area contributed by atoms with E-state index in [9.17, 15) is 14.0 Å². The van der Waals surface area contributed by atoms with Crippen molar-refractivity contribution in [3.05, 3.63) is 83.6 Å². The van der Waals surface area contributed by atoms with Crippen molar-refractivity contribution in [1.82, 2.24) is 35.9 Å². The second-order valence-corrected chi connectivity index (χ2v) is 8.00. The summed E-state index contributed by atoms with van der Waals surface area (Å²) in [7, 11) is 0. The van der Waals surface area contributed by atoms with E-state index in [-0.39, 0.29) is 29.8 Å². The van der Waals surface area contributed by atoms with Crippen LogP contribution in [0.3, 0.4) is 0 Å². The van der Waals surface area contributed by atoms with E-state index in [0.29, 0.717) is 5.82 Å². The zero-order chi connectivity index (χ0) is 24.1. The van der Waals surface area contributed by atoms with Gasteiger partial charge in [-0.1, -0.05) is 36.4 Å². The van der Waals surface area contributed by atoms with Gasteiger partial charge in [-0.25, -0.2) is 19.5 Å². The van der Waals surface area contributed by atoms with Crippen LogP contribution in [0.5, 0.6) is 0 Å². The van der Waals surface area contributed by atoms with Crippen molar-refractivity contribution in [2.45, 2.75) is 25.8 Å². The number of hydrogen-bond acceptors (Lipinski definition) is 7. The minimum atomic E-state index is -0.895. The topological polar surface area (TPSA) is 138 Å². The Balaban J connectivity index is 1.41. The average Bonchev–Trinajstić information content (AvgIpc) is 3.39. The molecule has 0 fully saturated rings. The van der Waals surface area contributed by atoms with Gasteiger partial charge < -0.3 is 10.6 Å². The van der Waals surface area contributed by atoms with Crippen LogP contribution in [0.15, 0.2) is 60.9 Å². The number of rotatable bonds is 7. The summed E-state index contributed by atoms with van der Waals surface area (Å²) in [4.78, 5) is 33.5. The molecule has 0 atom stereocenters. The number of H-pyrrole nitrogens is 1. The summed E-state index contributed by atoms with van der Waals surface area (Å²) < 4.78 is 13.0. The minimum Gasteiger partial charge on any atom is -0.347 e. The number of hydrogen-bond donors (Lipinski definition) is 3. The molecular weight excluding hydrogens is 439 g/mol. The van der Waals surface area contributed by atoms with E-state index in [4.69, 9.17) is 0 Å². The zero-order valence-corrected chi connectivity index (χ0v) is 18.4. The first-order valence-corrected chi connectivity index (χ1v) is 10.3. The smallest absolute Gasteiger partial charge is 0.270 e. The number of nitrogens with zero attached hydrogens (tertiary/aromatic N) is 5. The van der Waals surface area contributed by atoms with Gasteiger partial charge in [0.25, 0.3) is 5.91 Å². The fourth-order valence-corrected chi connectivity index (χ4v) is 3.15. The summed E-state index contributed by atoms with van der Waals surface area (Å²) in [6.07, 6.45) is 1.20. The lowest BCUT2D eigenvalue weighted by Gasteiger charge is -2.24. The van der Waals surface area contributed by atoms with E-state index in [2.05, 4.69) is 41.2 Å². The highest BCUT2D eigenvalue weighted by molar-refractivity contribution is 5.99. The molecule has 34 heavy (non-hydrogen) atoms. The van der Waals surface area contributed by atoms with Crippen molar-refractivity contribution in [3.8, 4) is 11.4 Å². The Labute approximate surface area is 194 Å². The molecule has 0 spiro atoms. The van der Waals surface area contributed by atoms with Crippen molar-refractivity contribution in [2.75, 3.05) is 5.32 Å². The van der Waals surface area contributed by atoms with Crippen LogP contribution in [0.4, 0.5) is 10.2 Å². The highest BCUT2D eigenvalue weighted by atomic mass is 19.1. The molecule has 0 saturated heterocycles. The Bertz CT molecular complexity index is 1290. The molecular formula is C23H21FN8O2. The minimum absolute atomic E-state index is 0.0928. The largest absolute Gasteiger partial charge is 0.347 e. The summed E-state index contributed by atoms with van der Waals surface area (Å²) in [5, 5.41) is 19.1. The fraction of sp³-hybridized carbons (Fsp3) is 0.174. The number of carbonyl (C=O) groups is 2. The van der Waals surface area contributed by atoms with Crippen molar-refractivity contribution in [3.63, 3.8) is 0 Å². The van der Waals surface area contributed by atoms with Crippen LogP contribution < -0.4 is 10.6 Å². The maximum absolute atomic E-state index is 13.0. The third-order valence-electron chi connectivity index (χ3n) is 5.30. The van der Waals surface area contributed by atoms with E-state index in [0.717, 1.165) is 16.7 Å². The predicted octanol–water partition coefficient (Wildman–Crippen LogP) is 2.64. The first kappa shape index (κ1) is 22.6. The van der Waals surface area contributed by atoms with E-state index in [1.54, 1.807) is 26.0 Å². The summed E-state index contributed by atoms with van der Waals surface area (Å²) in [6.45, 7) is 3.77. The molecule has 10 nitrogen and oxygen atoms in total. The predicted molar refractivity (Wildman–Crippen MR) is 121 cm³/mol. The number of aromatic nitrogens is 6. The van der Waals surface area contributed by atoms with Gasteiger partial charge in [-0.15, -0.1) is 5.10 Å². The normalized spacial score (nSPS) is 11.1. The Morgan fingerprint density at radius 2 is 1.76 bits per heavy atom. The molecule has 172 valence electrons. The summed E-state index contributed by atoms with van der Waals surface area (Å²) in [5.74, 6) is -0.376. The van der Waals surface area contributed by atoms with Crippen molar-refractivity contribution in [1.29, 1.82) is 0 Å². The van der Waals surface area contributed by atoms with Gasteiger partial charge >= 0.3 is 0 Å². The Hall–Kier alpha value is -4.54. The van der Waals surface area contributed by atoms with Crippen LogP contribution in [0.25, 0.3) is 11.4 Å². The van der Waals surface area contributed by atoms with Crippen LogP contribution >= 0.6 is 0 Å².